The molecule has 1 aromatic carbocycles. The highest BCUT2D eigenvalue weighted by atomic mass is 32.2. The summed E-state index contributed by atoms with van der Waals surface area (Å²) in [6.07, 6.45) is 3.91. The molecule has 150 valence electrons. The van der Waals surface area contributed by atoms with Crippen LogP contribution in [0.5, 0.6) is 0 Å². The molecule has 2 aliphatic rings. The van der Waals surface area contributed by atoms with Crippen LogP contribution >= 0.6 is 11.8 Å². The normalized spacial score (nSPS) is 19.0. The fraction of sp³-hybridized carbons (Fsp3) is 0.550. The summed E-state index contributed by atoms with van der Waals surface area (Å²) in [7, 11) is 0. The van der Waals surface area contributed by atoms with Gasteiger partial charge in [-0.2, -0.15) is 11.8 Å². The Morgan fingerprint density at radius 2 is 1.93 bits per heavy atom. The second-order valence-corrected chi connectivity index (χ2v) is 8.77. The first-order valence-corrected chi connectivity index (χ1v) is 11.2. The zero-order chi connectivity index (χ0) is 19.3. The Labute approximate surface area is 170 Å². The maximum absolute atomic E-state index is 12.6. The van der Waals surface area contributed by atoms with Crippen molar-refractivity contribution in [3.8, 4) is 0 Å². The smallest absolute Gasteiger partial charge is 0.321 e. The largest absolute Gasteiger partial charge is 0.324 e. The van der Waals surface area contributed by atoms with Gasteiger partial charge in [0.2, 0.25) is 0 Å². The number of nitrogens with zero attached hydrogens (tertiary/aromatic N) is 5. The first-order chi connectivity index (χ1) is 13.7. The minimum Gasteiger partial charge on any atom is -0.324 e. The molecule has 2 amide bonds. The fourth-order valence-electron chi connectivity index (χ4n) is 3.79. The Kier molecular flexibility index (Phi) is 6.17. The van der Waals surface area contributed by atoms with Gasteiger partial charge in [0.05, 0.1) is 17.9 Å². The number of rotatable bonds is 4. The molecule has 0 unspecified atom stereocenters. The first kappa shape index (κ1) is 19.3. The Bertz CT molecular complexity index is 795. The van der Waals surface area contributed by atoms with Crippen LogP contribution in [0.2, 0.25) is 0 Å². The lowest BCUT2D eigenvalue weighted by Gasteiger charge is -2.32. The summed E-state index contributed by atoms with van der Waals surface area (Å²) in [4.78, 5) is 16.9. The van der Waals surface area contributed by atoms with Gasteiger partial charge in [0.15, 0.2) is 0 Å². The zero-order valence-corrected chi connectivity index (χ0v) is 17.2. The molecule has 0 radical (unpaired) electrons. The van der Waals surface area contributed by atoms with Crippen LogP contribution in [-0.2, 0) is 6.54 Å². The maximum Gasteiger partial charge on any atom is 0.321 e. The van der Waals surface area contributed by atoms with Gasteiger partial charge in [0, 0.05) is 49.9 Å². The number of piperidine rings is 1. The van der Waals surface area contributed by atoms with E-state index in [-0.39, 0.29) is 6.03 Å². The molecule has 0 atom stereocenters. The highest BCUT2D eigenvalue weighted by Crippen LogP contribution is 2.23. The van der Waals surface area contributed by atoms with Gasteiger partial charge in [0.25, 0.3) is 0 Å². The number of urea groups is 1. The fourth-order valence-corrected chi connectivity index (χ4v) is 4.77. The van der Waals surface area contributed by atoms with Crippen molar-refractivity contribution in [2.24, 2.45) is 0 Å². The Morgan fingerprint density at radius 3 is 2.68 bits per heavy atom. The summed E-state index contributed by atoms with van der Waals surface area (Å²) in [5.74, 6) is 2.41. The lowest BCUT2D eigenvalue weighted by Crippen LogP contribution is -2.41. The van der Waals surface area contributed by atoms with Gasteiger partial charge in [-0.3, -0.25) is 4.90 Å². The second-order valence-electron chi connectivity index (χ2n) is 7.54. The molecular weight excluding hydrogens is 372 g/mol. The predicted molar refractivity (Wildman–Crippen MR) is 113 cm³/mol. The van der Waals surface area contributed by atoms with Crippen LogP contribution in [0.15, 0.2) is 30.5 Å². The van der Waals surface area contributed by atoms with Crippen LogP contribution < -0.4 is 5.32 Å². The van der Waals surface area contributed by atoms with Crippen LogP contribution in [-0.4, -0.2) is 68.5 Å². The monoisotopic (exact) mass is 400 g/mol. The number of nitrogens with one attached hydrogen (secondary N) is 1. The van der Waals surface area contributed by atoms with Crippen molar-refractivity contribution in [3.05, 3.63) is 41.7 Å². The molecule has 1 N–H and O–H groups in total. The van der Waals surface area contributed by atoms with E-state index in [1.54, 1.807) is 0 Å². The van der Waals surface area contributed by atoms with E-state index in [9.17, 15) is 4.79 Å². The standard InChI is InChI=1S/C20H28N6OS/c1-16-4-2-3-5-19(16)21-20(27)25-8-6-18(7-9-25)26-15-17(22-23-26)14-24-10-12-28-13-11-24/h2-5,15,18H,6-14H2,1H3,(H,21,27). The van der Waals surface area contributed by atoms with Crippen LogP contribution in [0.4, 0.5) is 10.5 Å². The highest BCUT2D eigenvalue weighted by Gasteiger charge is 2.25. The Morgan fingerprint density at radius 1 is 1.18 bits per heavy atom. The van der Waals surface area contributed by atoms with Crippen LogP contribution in [0.25, 0.3) is 0 Å². The summed E-state index contributed by atoms with van der Waals surface area (Å²) in [6, 6.07) is 8.17. The maximum atomic E-state index is 12.6. The number of benzene rings is 1. The molecule has 0 aliphatic carbocycles. The summed E-state index contributed by atoms with van der Waals surface area (Å²) in [5, 5.41) is 11.8. The highest BCUT2D eigenvalue weighted by molar-refractivity contribution is 7.99. The predicted octanol–water partition coefficient (Wildman–Crippen LogP) is 3.00. The van der Waals surface area contributed by atoms with Crippen molar-refractivity contribution in [1.82, 2.24) is 24.8 Å². The van der Waals surface area contributed by atoms with E-state index in [1.807, 2.05) is 52.5 Å². The molecular formula is C20H28N6OS. The number of amides is 2. The van der Waals surface area contributed by atoms with E-state index in [0.717, 1.165) is 62.5 Å². The number of hydrogen-bond acceptors (Lipinski definition) is 5. The van der Waals surface area contributed by atoms with Crippen LogP contribution in [0.1, 0.15) is 30.1 Å². The molecule has 28 heavy (non-hydrogen) atoms. The first-order valence-electron chi connectivity index (χ1n) is 10.0. The molecule has 2 saturated heterocycles. The van der Waals surface area contributed by atoms with Gasteiger partial charge in [-0.1, -0.05) is 23.4 Å². The molecule has 1 aromatic heterocycles. The van der Waals surface area contributed by atoms with Gasteiger partial charge >= 0.3 is 6.03 Å². The second kappa shape index (κ2) is 8.96. The number of hydrogen-bond donors (Lipinski definition) is 1. The minimum atomic E-state index is -0.0185. The van der Waals surface area contributed by atoms with Crippen molar-refractivity contribution in [2.75, 3.05) is 43.0 Å². The Balaban J connectivity index is 1.28. The minimum absolute atomic E-state index is 0.0185. The number of likely N-dealkylation sites (tertiary alicyclic amines) is 1. The van der Waals surface area contributed by atoms with Gasteiger partial charge in [0.1, 0.15) is 0 Å². The van der Waals surface area contributed by atoms with Crippen molar-refractivity contribution < 1.29 is 4.79 Å². The third-order valence-corrected chi connectivity index (χ3v) is 6.50. The van der Waals surface area contributed by atoms with E-state index in [1.165, 1.54) is 11.5 Å². The third-order valence-electron chi connectivity index (χ3n) is 5.56. The van der Waals surface area contributed by atoms with Crippen molar-refractivity contribution in [1.29, 1.82) is 0 Å². The van der Waals surface area contributed by atoms with E-state index in [2.05, 4.69) is 26.7 Å². The van der Waals surface area contributed by atoms with E-state index in [4.69, 9.17) is 0 Å². The van der Waals surface area contributed by atoms with Crippen molar-refractivity contribution in [2.45, 2.75) is 32.4 Å². The molecule has 0 bridgehead atoms. The number of aromatic nitrogens is 3. The molecule has 3 heterocycles. The average Bonchev–Trinajstić information content (AvgIpc) is 3.19. The van der Waals surface area contributed by atoms with Gasteiger partial charge in [-0.25, -0.2) is 9.48 Å². The van der Waals surface area contributed by atoms with Gasteiger partial charge < -0.3 is 10.2 Å². The summed E-state index contributed by atoms with van der Waals surface area (Å²) in [6.45, 7) is 6.63. The number of thioether (sulfide) groups is 1. The molecule has 2 aromatic rings. The average molecular weight is 401 g/mol. The van der Waals surface area contributed by atoms with Gasteiger partial charge in [-0.15, -0.1) is 5.10 Å². The summed E-state index contributed by atoms with van der Waals surface area (Å²) < 4.78 is 2.00. The molecule has 2 aliphatic heterocycles. The quantitative estimate of drug-likeness (QED) is 0.855. The van der Waals surface area contributed by atoms with E-state index >= 15 is 0 Å². The number of anilines is 1. The lowest BCUT2D eigenvalue weighted by atomic mass is 10.1. The number of carbonyl (C=O) groups is 1. The molecule has 2 fully saturated rings. The SMILES string of the molecule is Cc1ccccc1NC(=O)N1CCC(n2cc(CN3CCSCC3)nn2)CC1. The molecule has 0 saturated carbocycles. The van der Waals surface area contributed by atoms with E-state index < -0.39 is 0 Å². The van der Waals surface area contributed by atoms with E-state index in [0.29, 0.717) is 6.04 Å². The third kappa shape index (κ3) is 4.67. The topological polar surface area (TPSA) is 66.3 Å². The summed E-state index contributed by atoms with van der Waals surface area (Å²) >= 11 is 2.02. The molecule has 0 spiro atoms. The van der Waals surface area contributed by atoms with Crippen molar-refractivity contribution in [3.63, 3.8) is 0 Å². The van der Waals surface area contributed by atoms with Crippen molar-refractivity contribution >= 4 is 23.5 Å². The van der Waals surface area contributed by atoms with Crippen LogP contribution in [0, 0.1) is 6.92 Å². The number of carbonyl (C=O) groups excluding carboxylic acids is 1. The van der Waals surface area contributed by atoms with Crippen LogP contribution in [0.3, 0.4) is 0 Å². The number of para-hydroxylation sites is 1. The molecule has 8 heteroatoms. The van der Waals surface area contributed by atoms with Gasteiger partial charge in [-0.05, 0) is 31.4 Å². The molecule has 4 rings (SSSR count). The number of aryl methyl sites for hydroxylation is 1. The summed E-state index contributed by atoms with van der Waals surface area (Å²) in [5.41, 5.74) is 3.01. The lowest BCUT2D eigenvalue weighted by molar-refractivity contribution is 0.179. The zero-order valence-electron chi connectivity index (χ0n) is 16.4. The Hall–Kier alpha value is -2.06. The molecule has 7 nitrogen and oxygen atoms in total.